The van der Waals surface area contributed by atoms with Crippen molar-refractivity contribution in [3.05, 3.63) is 82.2 Å². The van der Waals surface area contributed by atoms with E-state index in [1.54, 1.807) is 13.2 Å². The number of aromatic nitrogens is 5. The molecule has 3 aromatic heterocycles. The van der Waals surface area contributed by atoms with Crippen LogP contribution in [0, 0.1) is 17.6 Å². The Morgan fingerprint density at radius 2 is 2.02 bits per heavy atom. The molecule has 12 heteroatoms. The monoisotopic (exact) mass is 569 g/mol. The first kappa shape index (κ1) is 27.6. The number of fused-ring (bicyclic) bond motifs is 1. The van der Waals surface area contributed by atoms with Gasteiger partial charge in [0.05, 0.1) is 12.8 Å². The second-order valence-corrected chi connectivity index (χ2v) is 9.90. The third kappa shape index (κ3) is 6.10. The largest absolute Gasteiger partial charge is 0.477 e. The zero-order chi connectivity index (χ0) is 28.2. The van der Waals surface area contributed by atoms with Gasteiger partial charge in [-0.15, -0.1) is 0 Å². The summed E-state index contributed by atoms with van der Waals surface area (Å²) in [7, 11) is 1.60. The number of pyridine rings is 1. The van der Waals surface area contributed by atoms with E-state index in [9.17, 15) is 18.7 Å². The van der Waals surface area contributed by atoms with Crippen molar-refractivity contribution >= 4 is 34.3 Å². The summed E-state index contributed by atoms with van der Waals surface area (Å²) >= 11 is 5.78. The lowest BCUT2D eigenvalue weighted by Crippen LogP contribution is -2.15. The number of methoxy groups -OCH3 is 1. The van der Waals surface area contributed by atoms with E-state index < -0.39 is 17.6 Å². The van der Waals surface area contributed by atoms with Crippen molar-refractivity contribution in [3.63, 3.8) is 0 Å². The number of hydrogen-bond donors (Lipinski definition) is 1. The standard InChI is InChI=1S/C28H26ClF2N5O4/c1-39-11-10-36-24(33-22-8-9-23(28(37)38)34-26(22)36)12-16-2-4-17(5-3-16)25-32-14-21(31)27(35-25)40-15-18-6-7-19(29)13-20(18)30/h4,6-9,13-14,16H,2-3,5,10-12,15H2,1H3,(H,37,38). The number of hydrogen-bond acceptors (Lipinski definition) is 7. The van der Waals surface area contributed by atoms with Gasteiger partial charge in [-0.2, -0.15) is 9.37 Å². The minimum Gasteiger partial charge on any atom is -0.477 e. The molecule has 1 N–H and O–H groups in total. The van der Waals surface area contributed by atoms with Crippen LogP contribution in [-0.4, -0.2) is 49.3 Å². The molecule has 208 valence electrons. The molecule has 0 fully saturated rings. The summed E-state index contributed by atoms with van der Waals surface area (Å²) in [6.45, 7) is 0.728. The molecule has 1 aromatic carbocycles. The van der Waals surface area contributed by atoms with Crippen molar-refractivity contribution in [1.29, 1.82) is 0 Å². The van der Waals surface area contributed by atoms with Gasteiger partial charge in [0.1, 0.15) is 23.8 Å². The van der Waals surface area contributed by atoms with E-state index in [0.29, 0.717) is 43.0 Å². The predicted molar refractivity (Wildman–Crippen MR) is 143 cm³/mol. The third-order valence-electron chi connectivity index (χ3n) is 6.78. The number of rotatable bonds is 10. The Balaban J connectivity index is 1.29. The summed E-state index contributed by atoms with van der Waals surface area (Å²) < 4.78 is 41.1. The molecule has 0 radical (unpaired) electrons. The number of imidazole rings is 1. The minimum atomic E-state index is -1.10. The molecule has 0 bridgehead atoms. The van der Waals surface area contributed by atoms with Crippen LogP contribution in [-0.2, 0) is 24.3 Å². The highest BCUT2D eigenvalue weighted by Gasteiger charge is 2.23. The van der Waals surface area contributed by atoms with E-state index in [0.717, 1.165) is 30.4 Å². The Labute approximate surface area is 233 Å². The van der Waals surface area contributed by atoms with Gasteiger partial charge in [0.2, 0.25) is 5.82 Å². The van der Waals surface area contributed by atoms with Gasteiger partial charge >= 0.3 is 5.97 Å². The fourth-order valence-corrected chi connectivity index (χ4v) is 4.83. The van der Waals surface area contributed by atoms with Crippen LogP contribution in [0.1, 0.15) is 47.0 Å². The van der Waals surface area contributed by atoms with Crippen molar-refractivity contribution < 1.29 is 28.2 Å². The first-order chi connectivity index (χ1) is 19.3. The molecule has 0 saturated heterocycles. The topological polar surface area (TPSA) is 112 Å². The molecule has 40 heavy (non-hydrogen) atoms. The summed E-state index contributed by atoms with van der Waals surface area (Å²) in [5.74, 6) is -1.18. The number of benzene rings is 1. The van der Waals surface area contributed by atoms with E-state index in [1.165, 1.54) is 24.3 Å². The van der Waals surface area contributed by atoms with Crippen molar-refractivity contribution in [2.75, 3.05) is 13.7 Å². The molecule has 1 aliphatic carbocycles. The van der Waals surface area contributed by atoms with Crippen molar-refractivity contribution in [3.8, 4) is 5.88 Å². The molecule has 0 amide bonds. The molecule has 1 unspecified atom stereocenters. The highest BCUT2D eigenvalue weighted by Crippen LogP contribution is 2.32. The highest BCUT2D eigenvalue weighted by atomic mass is 35.5. The predicted octanol–water partition coefficient (Wildman–Crippen LogP) is 5.50. The number of carboxylic acids is 1. The zero-order valence-electron chi connectivity index (χ0n) is 21.6. The van der Waals surface area contributed by atoms with E-state index in [2.05, 4.69) is 15.0 Å². The van der Waals surface area contributed by atoms with Crippen LogP contribution in [0.15, 0.2) is 42.6 Å². The maximum Gasteiger partial charge on any atom is 0.354 e. The van der Waals surface area contributed by atoms with E-state index >= 15 is 0 Å². The van der Waals surface area contributed by atoms with Crippen LogP contribution in [0.3, 0.4) is 0 Å². The third-order valence-corrected chi connectivity index (χ3v) is 7.01. The molecule has 0 aliphatic heterocycles. The molecule has 5 rings (SSSR count). The second-order valence-electron chi connectivity index (χ2n) is 9.46. The number of nitrogens with zero attached hydrogens (tertiary/aromatic N) is 5. The first-order valence-electron chi connectivity index (χ1n) is 12.7. The van der Waals surface area contributed by atoms with E-state index in [4.69, 9.17) is 26.1 Å². The number of carbonyl (C=O) groups is 1. The molecule has 9 nitrogen and oxygen atoms in total. The van der Waals surface area contributed by atoms with E-state index in [-0.39, 0.29) is 34.7 Å². The number of aromatic carboxylic acids is 1. The lowest BCUT2D eigenvalue weighted by Gasteiger charge is -2.21. The second kappa shape index (κ2) is 12.1. The van der Waals surface area contributed by atoms with Crippen LogP contribution in [0.4, 0.5) is 8.78 Å². The molecule has 4 aromatic rings. The van der Waals surface area contributed by atoms with Gasteiger partial charge in [0.15, 0.2) is 17.2 Å². The maximum absolute atomic E-state index is 14.4. The van der Waals surface area contributed by atoms with Crippen molar-refractivity contribution in [1.82, 2.24) is 24.5 Å². The van der Waals surface area contributed by atoms with Gasteiger partial charge in [-0.3, -0.25) is 0 Å². The Hall–Kier alpha value is -3.96. The van der Waals surface area contributed by atoms with Gasteiger partial charge in [-0.1, -0.05) is 23.7 Å². The summed E-state index contributed by atoms with van der Waals surface area (Å²) in [5.41, 5.74) is 2.22. The first-order valence-corrected chi connectivity index (χ1v) is 13.1. The Morgan fingerprint density at radius 1 is 1.18 bits per heavy atom. The molecule has 0 spiro atoms. The van der Waals surface area contributed by atoms with Crippen LogP contribution < -0.4 is 4.74 Å². The van der Waals surface area contributed by atoms with E-state index in [1.807, 2.05) is 10.6 Å². The average Bonchev–Trinajstić information content (AvgIpc) is 3.28. The quantitative estimate of drug-likeness (QED) is 0.266. The Morgan fingerprint density at radius 3 is 2.75 bits per heavy atom. The van der Waals surface area contributed by atoms with Crippen LogP contribution in [0.25, 0.3) is 16.7 Å². The maximum atomic E-state index is 14.4. The Bertz CT molecular complexity index is 1590. The van der Waals surface area contributed by atoms with Gasteiger partial charge in [0.25, 0.3) is 5.88 Å². The summed E-state index contributed by atoms with van der Waals surface area (Å²) in [6, 6.07) is 7.30. The lowest BCUT2D eigenvalue weighted by molar-refractivity contribution is 0.0691. The van der Waals surface area contributed by atoms with Crippen molar-refractivity contribution in [2.45, 2.75) is 38.8 Å². The van der Waals surface area contributed by atoms with Crippen LogP contribution >= 0.6 is 11.6 Å². The van der Waals surface area contributed by atoms with Gasteiger partial charge in [-0.25, -0.2) is 24.1 Å². The Kier molecular flexibility index (Phi) is 8.32. The molecule has 3 heterocycles. The van der Waals surface area contributed by atoms with Gasteiger partial charge < -0.3 is 19.1 Å². The summed E-state index contributed by atoms with van der Waals surface area (Å²) in [4.78, 5) is 28.9. The van der Waals surface area contributed by atoms with Crippen LogP contribution in [0.5, 0.6) is 5.88 Å². The molecule has 1 aliphatic rings. The minimum absolute atomic E-state index is 0.0381. The number of allylic oxidation sites excluding steroid dienone is 2. The van der Waals surface area contributed by atoms with Gasteiger partial charge in [-0.05, 0) is 55.0 Å². The summed E-state index contributed by atoms with van der Waals surface area (Å²) in [5, 5.41) is 9.61. The molecule has 1 atom stereocenters. The number of halogens is 3. The number of carboxylic acid groups (broad SMARTS) is 1. The number of ether oxygens (including phenoxy) is 2. The molecular weight excluding hydrogens is 544 g/mol. The molecule has 0 saturated carbocycles. The van der Waals surface area contributed by atoms with Crippen molar-refractivity contribution in [2.24, 2.45) is 5.92 Å². The summed E-state index contributed by atoms with van der Waals surface area (Å²) in [6.07, 6.45) is 5.97. The average molecular weight is 570 g/mol. The highest BCUT2D eigenvalue weighted by molar-refractivity contribution is 6.30. The zero-order valence-corrected chi connectivity index (χ0v) is 22.4. The van der Waals surface area contributed by atoms with Crippen LogP contribution in [0.2, 0.25) is 5.02 Å². The normalized spacial score (nSPS) is 15.3. The SMILES string of the molecule is COCCn1c(CC2CC=C(c3ncc(F)c(OCc4ccc(Cl)cc4F)n3)CC2)nc2ccc(C(=O)O)nc21. The van der Waals surface area contributed by atoms with Gasteiger partial charge in [0, 0.05) is 30.7 Å². The smallest absolute Gasteiger partial charge is 0.354 e. The fourth-order valence-electron chi connectivity index (χ4n) is 4.67. The fraction of sp³-hybridized carbons (Fsp3) is 0.321. The lowest BCUT2D eigenvalue weighted by atomic mass is 9.87. The molecular formula is C28H26ClF2N5O4.